The lowest BCUT2D eigenvalue weighted by molar-refractivity contribution is 0.410. The number of hydrogen-bond acceptors (Lipinski definition) is 2. The number of guanidine groups is 1. The van der Waals surface area contributed by atoms with Crippen molar-refractivity contribution >= 4 is 45.9 Å². The summed E-state index contributed by atoms with van der Waals surface area (Å²) in [6.07, 6.45) is 1.72. The molecule has 0 saturated carbocycles. The van der Waals surface area contributed by atoms with Gasteiger partial charge in [-0.05, 0) is 18.2 Å². The normalized spacial score (nSPS) is 10.4. The van der Waals surface area contributed by atoms with Gasteiger partial charge in [0.1, 0.15) is 5.75 Å². The van der Waals surface area contributed by atoms with Gasteiger partial charge < -0.3 is 15.8 Å². The Bertz CT molecular complexity index is 424. The van der Waals surface area contributed by atoms with E-state index in [0.717, 1.165) is 15.8 Å². The van der Waals surface area contributed by atoms with Gasteiger partial charge in [-0.25, -0.2) is 4.99 Å². The van der Waals surface area contributed by atoms with Crippen LogP contribution in [0.25, 0.3) is 0 Å². The molecule has 0 saturated heterocycles. The van der Waals surface area contributed by atoms with Crippen molar-refractivity contribution in [3.8, 4) is 5.75 Å². The van der Waals surface area contributed by atoms with Crippen molar-refractivity contribution in [2.75, 3.05) is 13.7 Å². The van der Waals surface area contributed by atoms with E-state index in [1.165, 1.54) is 0 Å². The number of halogens is 2. The van der Waals surface area contributed by atoms with Gasteiger partial charge in [0.25, 0.3) is 0 Å². The smallest absolute Gasteiger partial charge is 0.189 e. The first-order valence-corrected chi connectivity index (χ1v) is 5.93. The summed E-state index contributed by atoms with van der Waals surface area (Å²) in [5.41, 5.74) is 6.65. The molecule has 0 spiro atoms. The van der Waals surface area contributed by atoms with Gasteiger partial charge in [-0.1, -0.05) is 22.0 Å². The Morgan fingerprint density at radius 3 is 2.94 bits per heavy atom. The molecule has 3 N–H and O–H groups in total. The molecule has 1 aromatic carbocycles. The van der Waals surface area contributed by atoms with Gasteiger partial charge in [-0.15, -0.1) is 30.6 Å². The lowest BCUT2D eigenvalue weighted by Gasteiger charge is -2.07. The minimum absolute atomic E-state index is 0. The van der Waals surface area contributed by atoms with Crippen LogP contribution in [0.2, 0.25) is 0 Å². The highest BCUT2D eigenvalue weighted by atomic mass is 127. The molecule has 0 atom stereocenters. The predicted octanol–water partition coefficient (Wildman–Crippen LogP) is 2.67. The highest BCUT2D eigenvalue weighted by Crippen LogP contribution is 2.23. The van der Waals surface area contributed by atoms with Crippen molar-refractivity contribution in [2.24, 2.45) is 10.7 Å². The minimum atomic E-state index is 0. The molecule has 0 unspecified atom stereocenters. The SMILES string of the molecule is C=CCNC(N)=NCc1cc(Br)ccc1OC.I. The monoisotopic (exact) mass is 425 g/mol. The molecule has 0 aliphatic rings. The van der Waals surface area contributed by atoms with E-state index in [9.17, 15) is 0 Å². The first kappa shape index (κ1) is 17.2. The summed E-state index contributed by atoms with van der Waals surface area (Å²) in [4.78, 5) is 4.22. The van der Waals surface area contributed by atoms with Gasteiger partial charge >= 0.3 is 0 Å². The molecule has 100 valence electrons. The second-order valence-electron chi connectivity index (χ2n) is 3.33. The van der Waals surface area contributed by atoms with Crippen LogP contribution in [0.1, 0.15) is 5.56 Å². The fourth-order valence-electron chi connectivity index (χ4n) is 1.27. The second kappa shape index (κ2) is 9.21. The Morgan fingerprint density at radius 1 is 1.61 bits per heavy atom. The summed E-state index contributed by atoms with van der Waals surface area (Å²) in [7, 11) is 1.63. The molecular formula is C12H17BrIN3O. The standard InChI is InChI=1S/C12H16BrN3O.HI/c1-3-6-15-12(14)16-8-9-7-10(13)4-5-11(9)17-2;/h3-5,7H,1,6,8H2,2H3,(H3,14,15,16);1H. The number of aliphatic imine (C=N–C) groups is 1. The number of rotatable bonds is 5. The van der Waals surface area contributed by atoms with Crippen LogP contribution in [0.5, 0.6) is 5.75 Å². The number of nitrogens with one attached hydrogen (secondary N) is 1. The Balaban J connectivity index is 0.00000289. The topological polar surface area (TPSA) is 59.6 Å². The van der Waals surface area contributed by atoms with E-state index < -0.39 is 0 Å². The Kier molecular flexibility index (Phi) is 8.82. The summed E-state index contributed by atoms with van der Waals surface area (Å²) in [6, 6.07) is 5.77. The summed E-state index contributed by atoms with van der Waals surface area (Å²) in [5.74, 6) is 1.19. The second-order valence-corrected chi connectivity index (χ2v) is 4.24. The summed E-state index contributed by atoms with van der Waals surface area (Å²) in [5, 5.41) is 2.91. The van der Waals surface area contributed by atoms with Gasteiger partial charge in [0.05, 0.1) is 13.7 Å². The van der Waals surface area contributed by atoms with Crippen LogP contribution >= 0.6 is 39.9 Å². The molecule has 0 fully saturated rings. The Morgan fingerprint density at radius 2 is 2.33 bits per heavy atom. The molecular weight excluding hydrogens is 409 g/mol. The molecule has 0 radical (unpaired) electrons. The molecule has 0 aromatic heterocycles. The van der Waals surface area contributed by atoms with Crippen LogP contribution in [0.15, 0.2) is 40.3 Å². The number of nitrogens with zero attached hydrogens (tertiary/aromatic N) is 1. The van der Waals surface area contributed by atoms with E-state index >= 15 is 0 Å². The van der Waals surface area contributed by atoms with Crippen LogP contribution in [0.4, 0.5) is 0 Å². The van der Waals surface area contributed by atoms with Gasteiger partial charge in [0, 0.05) is 16.6 Å². The number of methoxy groups -OCH3 is 1. The van der Waals surface area contributed by atoms with E-state index in [4.69, 9.17) is 10.5 Å². The van der Waals surface area contributed by atoms with Crippen LogP contribution in [-0.2, 0) is 6.54 Å². The molecule has 1 aromatic rings. The van der Waals surface area contributed by atoms with Crippen molar-refractivity contribution in [2.45, 2.75) is 6.54 Å². The number of ether oxygens (including phenoxy) is 1. The average molecular weight is 426 g/mol. The number of hydrogen-bond donors (Lipinski definition) is 2. The average Bonchev–Trinajstić information content (AvgIpc) is 2.34. The van der Waals surface area contributed by atoms with Crippen molar-refractivity contribution in [3.05, 3.63) is 40.9 Å². The largest absolute Gasteiger partial charge is 0.496 e. The van der Waals surface area contributed by atoms with Crippen LogP contribution in [0.3, 0.4) is 0 Å². The van der Waals surface area contributed by atoms with Crippen LogP contribution in [0, 0.1) is 0 Å². The summed E-state index contributed by atoms with van der Waals surface area (Å²) < 4.78 is 6.23. The molecule has 0 aliphatic carbocycles. The van der Waals surface area contributed by atoms with E-state index in [0.29, 0.717) is 19.0 Å². The third kappa shape index (κ3) is 5.72. The highest BCUT2D eigenvalue weighted by Gasteiger charge is 2.02. The molecule has 0 bridgehead atoms. The van der Waals surface area contributed by atoms with Gasteiger partial charge in [0.15, 0.2) is 5.96 Å². The number of benzene rings is 1. The molecule has 0 amide bonds. The first-order valence-electron chi connectivity index (χ1n) is 5.14. The van der Waals surface area contributed by atoms with E-state index in [1.54, 1.807) is 13.2 Å². The maximum atomic E-state index is 5.68. The molecule has 0 aliphatic heterocycles. The zero-order valence-electron chi connectivity index (χ0n) is 10.1. The van der Waals surface area contributed by atoms with E-state index in [-0.39, 0.29) is 24.0 Å². The third-order valence-corrected chi connectivity index (χ3v) is 2.58. The van der Waals surface area contributed by atoms with Crippen molar-refractivity contribution in [3.63, 3.8) is 0 Å². The zero-order valence-corrected chi connectivity index (χ0v) is 14.1. The van der Waals surface area contributed by atoms with Crippen LogP contribution in [-0.4, -0.2) is 19.6 Å². The lowest BCUT2D eigenvalue weighted by atomic mass is 10.2. The maximum absolute atomic E-state index is 5.68. The lowest BCUT2D eigenvalue weighted by Crippen LogP contribution is -2.31. The van der Waals surface area contributed by atoms with Crippen molar-refractivity contribution in [1.29, 1.82) is 0 Å². The summed E-state index contributed by atoms with van der Waals surface area (Å²) >= 11 is 3.41. The molecule has 6 heteroatoms. The highest BCUT2D eigenvalue weighted by molar-refractivity contribution is 14.0. The number of nitrogens with two attached hydrogens (primary N) is 1. The maximum Gasteiger partial charge on any atom is 0.189 e. The predicted molar refractivity (Wildman–Crippen MR) is 89.6 cm³/mol. The first-order chi connectivity index (χ1) is 8.17. The molecule has 1 rings (SSSR count). The van der Waals surface area contributed by atoms with E-state index in [2.05, 4.69) is 32.8 Å². The Labute approximate surface area is 133 Å². The van der Waals surface area contributed by atoms with Crippen molar-refractivity contribution < 1.29 is 4.74 Å². The van der Waals surface area contributed by atoms with Gasteiger partial charge in [0.2, 0.25) is 0 Å². The molecule has 0 heterocycles. The third-order valence-electron chi connectivity index (χ3n) is 2.09. The molecule has 18 heavy (non-hydrogen) atoms. The quantitative estimate of drug-likeness (QED) is 0.330. The summed E-state index contributed by atoms with van der Waals surface area (Å²) in [6.45, 7) is 4.66. The van der Waals surface area contributed by atoms with Crippen LogP contribution < -0.4 is 15.8 Å². The van der Waals surface area contributed by atoms with Crippen molar-refractivity contribution in [1.82, 2.24) is 5.32 Å². The van der Waals surface area contributed by atoms with E-state index in [1.807, 2.05) is 18.2 Å². The zero-order chi connectivity index (χ0) is 12.7. The van der Waals surface area contributed by atoms with Gasteiger partial charge in [-0.3, -0.25) is 0 Å². The Hall–Kier alpha value is -0.760. The fourth-order valence-corrected chi connectivity index (χ4v) is 1.68. The minimum Gasteiger partial charge on any atom is -0.496 e. The molecule has 4 nitrogen and oxygen atoms in total. The van der Waals surface area contributed by atoms with Gasteiger partial charge in [-0.2, -0.15) is 0 Å². The fraction of sp³-hybridized carbons (Fsp3) is 0.250.